The van der Waals surface area contributed by atoms with E-state index in [1.165, 1.54) is 0 Å². The van der Waals surface area contributed by atoms with E-state index < -0.39 is 9.84 Å². The fraction of sp³-hybridized carbons (Fsp3) is 0.333. The SMILES string of the molecule is CC(C)c1cc(C(=O)Nc2ccc(OCc3ccc(Cl)cc3)cc2)nn1[C@@H]1CCS(=O)(=O)C1. The number of halogens is 1. The summed E-state index contributed by atoms with van der Waals surface area (Å²) in [6, 6.07) is 16.1. The number of anilines is 1. The molecule has 1 fully saturated rings. The number of rotatable bonds is 7. The van der Waals surface area contributed by atoms with Crippen LogP contribution in [0.25, 0.3) is 0 Å². The zero-order valence-corrected chi connectivity index (χ0v) is 20.1. The Labute approximate surface area is 198 Å². The van der Waals surface area contributed by atoms with Crippen LogP contribution in [-0.4, -0.2) is 35.6 Å². The summed E-state index contributed by atoms with van der Waals surface area (Å²) < 4.78 is 31.3. The van der Waals surface area contributed by atoms with Crippen molar-refractivity contribution in [1.29, 1.82) is 0 Å². The number of carbonyl (C=O) groups excluding carboxylic acids is 1. The van der Waals surface area contributed by atoms with Gasteiger partial charge in [-0.05, 0) is 60.4 Å². The van der Waals surface area contributed by atoms with Gasteiger partial charge in [0.1, 0.15) is 12.4 Å². The van der Waals surface area contributed by atoms with Crippen molar-refractivity contribution in [3.05, 3.63) is 76.6 Å². The van der Waals surface area contributed by atoms with Gasteiger partial charge < -0.3 is 10.1 Å². The van der Waals surface area contributed by atoms with Gasteiger partial charge in [0, 0.05) is 16.4 Å². The molecule has 9 heteroatoms. The van der Waals surface area contributed by atoms with Gasteiger partial charge in [-0.2, -0.15) is 5.10 Å². The molecule has 4 rings (SSSR count). The van der Waals surface area contributed by atoms with Gasteiger partial charge in [-0.3, -0.25) is 9.48 Å². The molecular weight excluding hydrogens is 462 g/mol. The molecule has 33 heavy (non-hydrogen) atoms. The summed E-state index contributed by atoms with van der Waals surface area (Å²) in [5, 5.41) is 7.99. The van der Waals surface area contributed by atoms with Gasteiger partial charge in [0.25, 0.3) is 5.91 Å². The molecule has 0 bridgehead atoms. The van der Waals surface area contributed by atoms with E-state index in [4.69, 9.17) is 16.3 Å². The van der Waals surface area contributed by atoms with Crippen molar-refractivity contribution >= 4 is 33.0 Å². The van der Waals surface area contributed by atoms with E-state index in [1.807, 2.05) is 38.1 Å². The Bertz CT molecular complexity index is 1240. The van der Waals surface area contributed by atoms with Crippen molar-refractivity contribution in [3.63, 3.8) is 0 Å². The number of nitrogens with zero attached hydrogens (tertiary/aromatic N) is 2. The monoisotopic (exact) mass is 487 g/mol. The average Bonchev–Trinajstić information content (AvgIpc) is 3.38. The Morgan fingerprint density at radius 2 is 1.88 bits per heavy atom. The van der Waals surface area contributed by atoms with Crippen LogP contribution >= 0.6 is 11.6 Å². The van der Waals surface area contributed by atoms with Crippen molar-refractivity contribution in [2.24, 2.45) is 0 Å². The minimum absolute atomic E-state index is 0.0624. The van der Waals surface area contributed by atoms with Crippen molar-refractivity contribution in [2.45, 2.75) is 38.8 Å². The van der Waals surface area contributed by atoms with Gasteiger partial charge in [0.15, 0.2) is 15.5 Å². The third-order valence-corrected chi connectivity index (χ3v) is 7.58. The number of benzene rings is 2. The largest absolute Gasteiger partial charge is 0.489 e. The molecule has 1 aliphatic heterocycles. The van der Waals surface area contributed by atoms with Crippen molar-refractivity contribution in [2.75, 3.05) is 16.8 Å². The highest BCUT2D eigenvalue weighted by molar-refractivity contribution is 7.91. The Hall–Kier alpha value is -2.84. The summed E-state index contributed by atoms with van der Waals surface area (Å²) in [7, 11) is -3.05. The molecule has 0 spiro atoms. The highest BCUT2D eigenvalue weighted by atomic mass is 35.5. The van der Waals surface area contributed by atoms with E-state index in [9.17, 15) is 13.2 Å². The van der Waals surface area contributed by atoms with Crippen LogP contribution in [0.1, 0.15) is 54.0 Å². The van der Waals surface area contributed by atoms with Gasteiger partial charge in [0.2, 0.25) is 0 Å². The molecule has 174 valence electrons. The molecule has 0 aliphatic carbocycles. The predicted octanol–water partition coefficient (Wildman–Crippen LogP) is 4.85. The molecule has 2 aromatic carbocycles. The first kappa shape index (κ1) is 23.3. The molecule has 1 atom stereocenters. The van der Waals surface area contributed by atoms with E-state index >= 15 is 0 Å². The topological polar surface area (TPSA) is 90.3 Å². The van der Waals surface area contributed by atoms with E-state index in [1.54, 1.807) is 35.0 Å². The maximum Gasteiger partial charge on any atom is 0.276 e. The quantitative estimate of drug-likeness (QED) is 0.514. The summed E-state index contributed by atoms with van der Waals surface area (Å²) in [6.45, 7) is 4.41. The van der Waals surface area contributed by atoms with Gasteiger partial charge in [-0.1, -0.05) is 37.6 Å². The number of amides is 1. The van der Waals surface area contributed by atoms with E-state index in [-0.39, 0.29) is 35.1 Å². The molecule has 1 saturated heterocycles. The van der Waals surface area contributed by atoms with Crippen molar-refractivity contribution in [1.82, 2.24) is 9.78 Å². The second kappa shape index (κ2) is 9.57. The van der Waals surface area contributed by atoms with Crippen LogP contribution in [0.15, 0.2) is 54.6 Å². The maximum atomic E-state index is 12.8. The van der Waals surface area contributed by atoms with Gasteiger partial charge in [-0.15, -0.1) is 0 Å². The number of aromatic nitrogens is 2. The number of sulfone groups is 1. The third kappa shape index (κ3) is 5.75. The summed E-state index contributed by atoms with van der Waals surface area (Å²) in [5.74, 6) is 0.665. The van der Waals surface area contributed by atoms with Crippen LogP contribution < -0.4 is 10.1 Å². The second-order valence-electron chi connectivity index (χ2n) is 8.50. The number of nitrogens with one attached hydrogen (secondary N) is 1. The van der Waals surface area contributed by atoms with Crippen LogP contribution in [0.4, 0.5) is 5.69 Å². The molecule has 0 unspecified atom stereocenters. The first-order chi connectivity index (χ1) is 15.7. The number of hydrogen-bond donors (Lipinski definition) is 1. The molecule has 0 radical (unpaired) electrons. The number of ether oxygens (including phenoxy) is 1. The zero-order chi connectivity index (χ0) is 23.6. The fourth-order valence-electron chi connectivity index (χ4n) is 3.79. The van der Waals surface area contributed by atoms with Crippen LogP contribution in [0.3, 0.4) is 0 Å². The average molecular weight is 488 g/mol. The molecule has 7 nitrogen and oxygen atoms in total. The summed E-state index contributed by atoms with van der Waals surface area (Å²) in [5.41, 5.74) is 2.74. The Morgan fingerprint density at radius 3 is 2.48 bits per heavy atom. The normalized spacial score (nSPS) is 17.3. The maximum absolute atomic E-state index is 12.8. The molecule has 0 saturated carbocycles. The van der Waals surface area contributed by atoms with Gasteiger partial charge in [0.05, 0.1) is 17.5 Å². The first-order valence-corrected chi connectivity index (χ1v) is 13.0. The minimum Gasteiger partial charge on any atom is -0.489 e. The lowest BCUT2D eigenvalue weighted by Crippen LogP contribution is -2.17. The molecule has 2 heterocycles. The van der Waals surface area contributed by atoms with Crippen LogP contribution in [-0.2, 0) is 16.4 Å². The first-order valence-electron chi connectivity index (χ1n) is 10.8. The Balaban J connectivity index is 1.41. The molecule has 1 aliphatic rings. The standard InChI is InChI=1S/C24H26ClN3O4S/c1-16(2)23-13-22(27-28(23)20-11-12-33(30,31)15-20)24(29)26-19-7-9-21(10-8-19)32-14-17-3-5-18(25)6-4-17/h3-10,13,16,20H,11-12,14-15H2,1-2H3,(H,26,29)/t20-/m1/s1. The fourth-order valence-corrected chi connectivity index (χ4v) is 5.61. The van der Waals surface area contributed by atoms with Crippen molar-refractivity contribution < 1.29 is 17.9 Å². The summed E-state index contributed by atoms with van der Waals surface area (Å²) in [6.07, 6.45) is 0.516. The summed E-state index contributed by atoms with van der Waals surface area (Å²) in [4.78, 5) is 12.8. The predicted molar refractivity (Wildman–Crippen MR) is 129 cm³/mol. The summed E-state index contributed by atoms with van der Waals surface area (Å²) >= 11 is 5.90. The highest BCUT2D eigenvalue weighted by Gasteiger charge is 2.32. The number of hydrogen-bond acceptors (Lipinski definition) is 5. The lowest BCUT2D eigenvalue weighted by molar-refractivity contribution is 0.102. The van der Waals surface area contributed by atoms with Gasteiger partial charge >= 0.3 is 0 Å². The molecular formula is C24H26ClN3O4S. The lowest BCUT2D eigenvalue weighted by atomic mass is 10.1. The zero-order valence-electron chi connectivity index (χ0n) is 18.5. The highest BCUT2D eigenvalue weighted by Crippen LogP contribution is 2.28. The second-order valence-corrected chi connectivity index (χ2v) is 11.2. The third-order valence-electron chi connectivity index (χ3n) is 5.57. The van der Waals surface area contributed by atoms with E-state index in [2.05, 4.69) is 10.4 Å². The molecule has 1 N–H and O–H groups in total. The van der Waals surface area contributed by atoms with E-state index in [0.29, 0.717) is 29.5 Å². The van der Waals surface area contributed by atoms with Crippen molar-refractivity contribution in [3.8, 4) is 5.75 Å². The molecule has 1 amide bonds. The molecule has 3 aromatic rings. The lowest BCUT2D eigenvalue weighted by Gasteiger charge is -2.15. The Morgan fingerprint density at radius 1 is 1.18 bits per heavy atom. The number of carbonyl (C=O) groups is 1. The van der Waals surface area contributed by atoms with Crippen LogP contribution in [0, 0.1) is 0 Å². The Kier molecular flexibility index (Phi) is 6.76. The van der Waals surface area contributed by atoms with Gasteiger partial charge in [-0.25, -0.2) is 8.42 Å². The molecule has 1 aromatic heterocycles. The minimum atomic E-state index is -3.05. The van der Waals surface area contributed by atoms with Crippen LogP contribution in [0.2, 0.25) is 5.02 Å². The van der Waals surface area contributed by atoms with E-state index in [0.717, 1.165) is 11.3 Å². The van der Waals surface area contributed by atoms with Crippen LogP contribution in [0.5, 0.6) is 5.75 Å². The smallest absolute Gasteiger partial charge is 0.276 e.